The Balaban J connectivity index is 2.18. The van der Waals surface area contributed by atoms with Crippen LogP contribution < -0.4 is 5.32 Å². The van der Waals surface area contributed by atoms with Crippen molar-refractivity contribution >= 4 is 0 Å². The van der Waals surface area contributed by atoms with E-state index >= 15 is 0 Å². The maximum absolute atomic E-state index is 6.16. The summed E-state index contributed by atoms with van der Waals surface area (Å²) in [5.74, 6) is 0.906. The Hall–Kier alpha value is -0.0800. The van der Waals surface area contributed by atoms with Gasteiger partial charge in [-0.25, -0.2) is 0 Å². The molecule has 0 aromatic carbocycles. The first-order chi connectivity index (χ1) is 8.15. The second-order valence-corrected chi connectivity index (χ2v) is 5.73. The molecule has 0 bridgehead atoms. The molecular formula is C15H31NO. The monoisotopic (exact) mass is 241 g/mol. The number of hydrogen-bond acceptors (Lipinski definition) is 2. The van der Waals surface area contributed by atoms with Gasteiger partial charge in [-0.3, -0.25) is 0 Å². The van der Waals surface area contributed by atoms with Crippen LogP contribution in [-0.4, -0.2) is 24.8 Å². The minimum absolute atomic E-state index is 0.351. The molecule has 1 aliphatic rings. The van der Waals surface area contributed by atoms with Crippen molar-refractivity contribution in [2.75, 3.05) is 6.54 Å². The average molecular weight is 241 g/mol. The van der Waals surface area contributed by atoms with Crippen LogP contribution in [0.1, 0.15) is 66.2 Å². The molecule has 4 unspecified atom stereocenters. The second-order valence-electron chi connectivity index (χ2n) is 5.73. The van der Waals surface area contributed by atoms with Gasteiger partial charge in [0.15, 0.2) is 0 Å². The molecule has 0 saturated heterocycles. The molecule has 0 radical (unpaired) electrons. The van der Waals surface area contributed by atoms with E-state index in [4.69, 9.17) is 4.74 Å². The summed E-state index contributed by atoms with van der Waals surface area (Å²) < 4.78 is 6.16. The third-order valence-electron chi connectivity index (χ3n) is 4.10. The lowest BCUT2D eigenvalue weighted by atomic mass is 9.85. The van der Waals surface area contributed by atoms with Crippen molar-refractivity contribution in [1.82, 2.24) is 5.32 Å². The van der Waals surface area contributed by atoms with Gasteiger partial charge >= 0.3 is 0 Å². The van der Waals surface area contributed by atoms with Crippen LogP contribution in [0.15, 0.2) is 0 Å². The van der Waals surface area contributed by atoms with Crippen LogP contribution in [0.25, 0.3) is 0 Å². The van der Waals surface area contributed by atoms with Crippen LogP contribution in [-0.2, 0) is 4.74 Å². The predicted molar refractivity (Wildman–Crippen MR) is 74.3 cm³/mol. The second kappa shape index (κ2) is 8.10. The smallest absolute Gasteiger partial charge is 0.0675 e. The van der Waals surface area contributed by atoms with E-state index in [1.807, 2.05) is 0 Å². The molecular weight excluding hydrogens is 210 g/mol. The van der Waals surface area contributed by atoms with Gasteiger partial charge in [0, 0.05) is 12.6 Å². The summed E-state index contributed by atoms with van der Waals surface area (Å²) >= 11 is 0. The van der Waals surface area contributed by atoms with E-state index in [2.05, 4.69) is 33.0 Å². The van der Waals surface area contributed by atoms with Crippen LogP contribution in [0, 0.1) is 5.92 Å². The number of ether oxygens (including phenoxy) is 1. The molecule has 1 fully saturated rings. The highest BCUT2D eigenvalue weighted by atomic mass is 16.5. The minimum atomic E-state index is 0.351. The number of nitrogens with one attached hydrogen (secondary N) is 1. The zero-order chi connectivity index (χ0) is 12.7. The van der Waals surface area contributed by atoms with Crippen molar-refractivity contribution in [3.05, 3.63) is 0 Å². The Morgan fingerprint density at radius 1 is 1.24 bits per heavy atom. The zero-order valence-electron chi connectivity index (χ0n) is 12.2. The maximum atomic E-state index is 6.16. The first kappa shape index (κ1) is 15.0. The van der Waals surface area contributed by atoms with E-state index in [9.17, 15) is 0 Å². The van der Waals surface area contributed by atoms with Crippen LogP contribution in [0.4, 0.5) is 0 Å². The molecule has 1 aliphatic carbocycles. The molecule has 0 spiro atoms. The number of hydrogen-bond donors (Lipinski definition) is 1. The van der Waals surface area contributed by atoms with Gasteiger partial charge in [-0.1, -0.05) is 33.1 Å². The summed E-state index contributed by atoms with van der Waals surface area (Å²) in [7, 11) is 0. The van der Waals surface area contributed by atoms with Crippen molar-refractivity contribution in [3.63, 3.8) is 0 Å². The molecule has 102 valence electrons. The van der Waals surface area contributed by atoms with Gasteiger partial charge in [-0.2, -0.15) is 0 Å². The normalized spacial score (nSPS) is 28.9. The fraction of sp³-hybridized carbons (Fsp3) is 1.00. The maximum Gasteiger partial charge on any atom is 0.0675 e. The molecule has 0 aromatic heterocycles. The van der Waals surface area contributed by atoms with Crippen LogP contribution in [0.2, 0.25) is 0 Å². The topological polar surface area (TPSA) is 21.3 Å². The van der Waals surface area contributed by atoms with Gasteiger partial charge in [0.05, 0.1) is 12.2 Å². The molecule has 4 atom stereocenters. The van der Waals surface area contributed by atoms with Gasteiger partial charge in [0.2, 0.25) is 0 Å². The highest BCUT2D eigenvalue weighted by molar-refractivity contribution is 4.74. The van der Waals surface area contributed by atoms with Gasteiger partial charge < -0.3 is 10.1 Å². The Bertz CT molecular complexity index is 195. The van der Waals surface area contributed by atoms with Gasteiger partial charge in [0.1, 0.15) is 0 Å². The molecule has 1 N–H and O–H groups in total. The van der Waals surface area contributed by atoms with E-state index < -0.39 is 0 Å². The molecule has 0 heterocycles. The Morgan fingerprint density at radius 2 is 2.00 bits per heavy atom. The molecule has 1 rings (SSSR count). The van der Waals surface area contributed by atoms with E-state index in [1.165, 1.54) is 38.5 Å². The third kappa shape index (κ3) is 5.87. The van der Waals surface area contributed by atoms with Crippen molar-refractivity contribution < 1.29 is 4.74 Å². The Labute approximate surface area is 108 Å². The molecule has 2 heteroatoms. The summed E-state index contributed by atoms with van der Waals surface area (Å²) in [5.41, 5.74) is 0. The lowest BCUT2D eigenvalue weighted by Gasteiger charge is -2.31. The standard InChI is InChI=1S/C15H31NO/c1-5-12(3)16-11-13(4)17-15-9-7-8-14(6-2)10-15/h12-16H,5-11H2,1-4H3. The molecule has 0 aliphatic heterocycles. The lowest BCUT2D eigenvalue weighted by molar-refractivity contribution is -0.0321. The van der Waals surface area contributed by atoms with E-state index in [0.29, 0.717) is 18.2 Å². The Morgan fingerprint density at radius 3 is 2.65 bits per heavy atom. The number of rotatable bonds is 7. The van der Waals surface area contributed by atoms with Crippen LogP contribution in [0.3, 0.4) is 0 Å². The molecule has 0 aromatic rings. The zero-order valence-corrected chi connectivity index (χ0v) is 12.2. The predicted octanol–water partition coefficient (Wildman–Crippen LogP) is 3.75. The Kier molecular flexibility index (Phi) is 7.14. The summed E-state index contributed by atoms with van der Waals surface area (Å²) in [4.78, 5) is 0. The largest absolute Gasteiger partial charge is 0.374 e. The van der Waals surface area contributed by atoms with Gasteiger partial charge in [-0.15, -0.1) is 0 Å². The SMILES string of the molecule is CCC1CCCC(OC(C)CNC(C)CC)C1. The molecule has 2 nitrogen and oxygen atoms in total. The highest BCUT2D eigenvalue weighted by Crippen LogP contribution is 2.28. The molecule has 17 heavy (non-hydrogen) atoms. The fourth-order valence-electron chi connectivity index (χ4n) is 2.62. The fourth-order valence-corrected chi connectivity index (χ4v) is 2.62. The first-order valence-corrected chi connectivity index (χ1v) is 7.54. The van der Waals surface area contributed by atoms with Crippen molar-refractivity contribution in [2.45, 2.75) is 84.5 Å². The van der Waals surface area contributed by atoms with Crippen molar-refractivity contribution in [1.29, 1.82) is 0 Å². The summed E-state index contributed by atoms with van der Waals surface area (Å²) in [5, 5.41) is 3.52. The molecule has 0 amide bonds. The summed E-state index contributed by atoms with van der Waals surface area (Å²) in [6, 6.07) is 0.607. The van der Waals surface area contributed by atoms with Crippen molar-refractivity contribution in [3.8, 4) is 0 Å². The van der Waals surface area contributed by atoms with Crippen LogP contribution >= 0.6 is 0 Å². The average Bonchev–Trinajstić information content (AvgIpc) is 2.36. The molecule has 1 saturated carbocycles. The lowest BCUT2D eigenvalue weighted by Crippen LogP contribution is -2.36. The summed E-state index contributed by atoms with van der Waals surface area (Å²) in [6.45, 7) is 9.95. The van der Waals surface area contributed by atoms with E-state index in [1.54, 1.807) is 0 Å². The third-order valence-corrected chi connectivity index (χ3v) is 4.10. The van der Waals surface area contributed by atoms with Gasteiger partial charge in [0.25, 0.3) is 0 Å². The first-order valence-electron chi connectivity index (χ1n) is 7.54. The van der Waals surface area contributed by atoms with Crippen LogP contribution in [0.5, 0.6) is 0 Å². The summed E-state index contributed by atoms with van der Waals surface area (Å²) in [6.07, 6.45) is 8.69. The minimum Gasteiger partial charge on any atom is -0.374 e. The van der Waals surface area contributed by atoms with Crippen molar-refractivity contribution in [2.24, 2.45) is 5.92 Å². The van der Waals surface area contributed by atoms with E-state index in [0.717, 1.165) is 12.5 Å². The highest BCUT2D eigenvalue weighted by Gasteiger charge is 2.22. The van der Waals surface area contributed by atoms with E-state index in [-0.39, 0.29) is 0 Å². The van der Waals surface area contributed by atoms with Gasteiger partial charge in [-0.05, 0) is 39.0 Å². The quantitative estimate of drug-likeness (QED) is 0.733.